The van der Waals surface area contributed by atoms with E-state index >= 15 is 0 Å². The van der Waals surface area contributed by atoms with Crippen molar-refractivity contribution in [2.75, 3.05) is 18.0 Å². The molecule has 4 rings (SSSR count). The maximum atomic E-state index is 14.9. The van der Waals surface area contributed by atoms with Crippen LogP contribution in [-0.2, 0) is 11.2 Å². The number of anilines is 1. The van der Waals surface area contributed by atoms with Crippen LogP contribution in [0.15, 0.2) is 24.5 Å². The lowest BCUT2D eigenvalue weighted by Crippen LogP contribution is -2.35. The molecule has 0 aliphatic carbocycles. The van der Waals surface area contributed by atoms with Crippen LogP contribution in [0.3, 0.4) is 0 Å². The molecule has 0 amide bonds. The fourth-order valence-electron chi connectivity index (χ4n) is 3.65. The lowest BCUT2D eigenvalue weighted by Gasteiger charge is -2.34. The van der Waals surface area contributed by atoms with Crippen molar-refractivity contribution in [3.63, 3.8) is 0 Å². The van der Waals surface area contributed by atoms with Gasteiger partial charge in [0.15, 0.2) is 0 Å². The highest BCUT2D eigenvalue weighted by atomic mass is 35.5. The number of hydrogen-bond acceptors (Lipinski definition) is 5. The molecule has 0 spiro atoms. The number of piperidine rings is 1. The number of halogens is 2. The standard InChI is InChI=1S/C19H19ClFN5O2/c1-11-5-7-25(8-6-11)18-17(16-12(20)3-2-4-13(16)21)14(9-15(27)28)24-19-22-10-23-26(18)19/h2-4,10-11H,5-9H2,1H3,(H,27,28). The van der Waals surface area contributed by atoms with Gasteiger partial charge < -0.3 is 10.0 Å². The van der Waals surface area contributed by atoms with E-state index in [2.05, 4.69) is 26.9 Å². The first-order valence-corrected chi connectivity index (χ1v) is 9.47. The Morgan fingerprint density at radius 3 is 2.75 bits per heavy atom. The number of fused-ring (bicyclic) bond motifs is 1. The van der Waals surface area contributed by atoms with E-state index in [1.165, 1.54) is 18.5 Å². The Balaban J connectivity index is 2.04. The fourth-order valence-corrected chi connectivity index (χ4v) is 3.91. The summed E-state index contributed by atoms with van der Waals surface area (Å²) >= 11 is 6.35. The lowest BCUT2D eigenvalue weighted by molar-refractivity contribution is -0.136. The van der Waals surface area contributed by atoms with Gasteiger partial charge in [0.1, 0.15) is 18.0 Å². The van der Waals surface area contributed by atoms with Gasteiger partial charge in [-0.2, -0.15) is 14.6 Å². The Morgan fingerprint density at radius 2 is 2.07 bits per heavy atom. The maximum Gasteiger partial charge on any atom is 0.309 e. The van der Waals surface area contributed by atoms with Crippen LogP contribution in [0.25, 0.3) is 16.9 Å². The van der Waals surface area contributed by atoms with Crippen LogP contribution in [0.4, 0.5) is 10.2 Å². The predicted molar refractivity (Wildman–Crippen MR) is 103 cm³/mol. The summed E-state index contributed by atoms with van der Waals surface area (Å²) in [7, 11) is 0. The van der Waals surface area contributed by atoms with Gasteiger partial charge in [0.25, 0.3) is 5.78 Å². The zero-order valence-corrected chi connectivity index (χ0v) is 16.0. The van der Waals surface area contributed by atoms with Crippen LogP contribution in [0, 0.1) is 11.7 Å². The normalized spacial score (nSPS) is 15.3. The molecule has 0 atom stereocenters. The molecule has 1 N–H and O–H groups in total. The Labute approximate surface area is 165 Å². The summed E-state index contributed by atoms with van der Waals surface area (Å²) in [5, 5.41) is 13.9. The predicted octanol–water partition coefficient (Wildman–Crippen LogP) is 3.45. The molecule has 0 unspecified atom stereocenters. The molecule has 0 radical (unpaired) electrons. The molecule has 1 aliphatic rings. The van der Waals surface area contributed by atoms with Crippen molar-refractivity contribution in [3.8, 4) is 11.1 Å². The van der Waals surface area contributed by atoms with Crippen molar-refractivity contribution < 1.29 is 14.3 Å². The number of rotatable bonds is 4. The van der Waals surface area contributed by atoms with Gasteiger partial charge in [-0.25, -0.2) is 9.37 Å². The number of carboxylic acid groups (broad SMARTS) is 1. The quantitative estimate of drug-likeness (QED) is 0.718. The number of aromatic nitrogens is 4. The fraction of sp³-hybridized carbons (Fsp3) is 0.368. The highest BCUT2D eigenvalue weighted by Crippen LogP contribution is 2.40. The van der Waals surface area contributed by atoms with Crippen molar-refractivity contribution in [1.82, 2.24) is 19.6 Å². The molecule has 2 aromatic heterocycles. The van der Waals surface area contributed by atoms with E-state index in [-0.39, 0.29) is 28.5 Å². The summed E-state index contributed by atoms with van der Waals surface area (Å²) in [5.74, 6) is -0.155. The molecule has 1 fully saturated rings. The first kappa shape index (κ1) is 18.6. The molecule has 3 aromatic rings. The largest absolute Gasteiger partial charge is 0.481 e. The number of hydrogen-bond donors (Lipinski definition) is 1. The van der Waals surface area contributed by atoms with Gasteiger partial charge in [-0.05, 0) is 30.9 Å². The molecule has 9 heteroatoms. The highest BCUT2D eigenvalue weighted by Gasteiger charge is 2.29. The van der Waals surface area contributed by atoms with Gasteiger partial charge >= 0.3 is 5.97 Å². The first-order valence-electron chi connectivity index (χ1n) is 9.09. The van der Waals surface area contributed by atoms with E-state index in [0.717, 1.165) is 25.9 Å². The molecule has 1 aromatic carbocycles. The maximum absolute atomic E-state index is 14.9. The molecule has 3 heterocycles. The van der Waals surface area contributed by atoms with Crippen LogP contribution in [0.2, 0.25) is 5.02 Å². The third-order valence-corrected chi connectivity index (χ3v) is 5.41. The summed E-state index contributed by atoms with van der Waals surface area (Å²) in [6, 6.07) is 4.40. The molecule has 0 bridgehead atoms. The minimum Gasteiger partial charge on any atom is -0.481 e. The second-order valence-electron chi connectivity index (χ2n) is 7.07. The van der Waals surface area contributed by atoms with Gasteiger partial charge in [-0.3, -0.25) is 4.79 Å². The monoisotopic (exact) mass is 403 g/mol. The number of nitrogens with zero attached hydrogens (tertiary/aromatic N) is 5. The average Bonchev–Trinajstić information content (AvgIpc) is 3.10. The zero-order chi connectivity index (χ0) is 19.8. The second kappa shape index (κ2) is 7.35. The first-order chi connectivity index (χ1) is 13.5. The van der Waals surface area contributed by atoms with Gasteiger partial charge in [0.2, 0.25) is 0 Å². The lowest BCUT2D eigenvalue weighted by atomic mass is 9.97. The smallest absolute Gasteiger partial charge is 0.309 e. The van der Waals surface area contributed by atoms with Crippen molar-refractivity contribution >= 4 is 29.2 Å². The van der Waals surface area contributed by atoms with Crippen molar-refractivity contribution in [3.05, 3.63) is 41.1 Å². The number of benzene rings is 1. The number of aliphatic carboxylic acids is 1. The van der Waals surface area contributed by atoms with Crippen LogP contribution in [0.1, 0.15) is 25.5 Å². The Hall–Kier alpha value is -2.74. The third kappa shape index (κ3) is 3.28. The minimum absolute atomic E-state index is 0.138. The van der Waals surface area contributed by atoms with E-state index < -0.39 is 11.8 Å². The second-order valence-corrected chi connectivity index (χ2v) is 7.47. The van der Waals surface area contributed by atoms with Gasteiger partial charge in [-0.1, -0.05) is 24.6 Å². The molecule has 7 nitrogen and oxygen atoms in total. The van der Waals surface area contributed by atoms with Gasteiger partial charge in [-0.15, -0.1) is 0 Å². The van der Waals surface area contributed by atoms with Crippen LogP contribution in [-0.4, -0.2) is 43.7 Å². The number of carbonyl (C=O) groups is 1. The van der Waals surface area contributed by atoms with Gasteiger partial charge in [0, 0.05) is 18.7 Å². The summed E-state index contributed by atoms with van der Waals surface area (Å²) in [6.07, 6.45) is 2.92. The van der Waals surface area contributed by atoms with Crippen LogP contribution >= 0.6 is 11.6 Å². The van der Waals surface area contributed by atoms with E-state index in [1.807, 2.05) is 0 Å². The Bertz CT molecular complexity index is 1030. The molecule has 0 saturated carbocycles. The van der Waals surface area contributed by atoms with E-state index in [0.29, 0.717) is 17.3 Å². The summed E-state index contributed by atoms with van der Waals surface area (Å²) in [4.78, 5) is 22.1. The SMILES string of the molecule is CC1CCN(c2c(-c3c(F)cccc3Cl)c(CC(=O)O)nc3ncnn23)CC1. The molecular weight excluding hydrogens is 385 g/mol. The Morgan fingerprint density at radius 1 is 1.32 bits per heavy atom. The van der Waals surface area contributed by atoms with Gasteiger partial charge in [0.05, 0.1) is 22.7 Å². The van der Waals surface area contributed by atoms with E-state index in [1.54, 1.807) is 10.6 Å². The van der Waals surface area contributed by atoms with Crippen LogP contribution < -0.4 is 4.90 Å². The van der Waals surface area contributed by atoms with Crippen molar-refractivity contribution in [1.29, 1.82) is 0 Å². The topological polar surface area (TPSA) is 83.6 Å². The summed E-state index contributed by atoms with van der Waals surface area (Å²) in [5.41, 5.74) is 0.714. The summed E-state index contributed by atoms with van der Waals surface area (Å²) < 4.78 is 16.4. The molecule has 146 valence electrons. The zero-order valence-electron chi connectivity index (χ0n) is 15.3. The average molecular weight is 404 g/mol. The molecule has 1 aliphatic heterocycles. The molecule has 1 saturated heterocycles. The van der Waals surface area contributed by atoms with E-state index in [4.69, 9.17) is 11.6 Å². The molecule has 28 heavy (non-hydrogen) atoms. The minimum atomic E-state index is -1.07. The number of carboxylic acids is 1. The Kier molecular flexibility index (Phi) is 4.89. The molecular formula is C19H19ClFN5O2. The van der Waals surface area contributed by atoms with E-state index in [9.17, 15) is 14.3 Å². The van der Waals surface area contributed by atoms with Crippen LogP contribution in [0.5, 0.6) is 0 Å². The van der Waals surface area contributed by atoms with Crippen molar-refractivity contribution in [2.24, 2.45) is 5.92 Å². The third-order valence-electron chi connectivity index (χ3n) is 5.09. The highest BCUT2D eigenvalue weighted by molar-refractivity contribution is 6.33. The van der Waals surface area contributed by atoms with Crippen molar-refractivity contribution in [2.45, 2.75) is 26.2 Å². The summed E-state index contributed by atoms with van der Waals surface area (Å²) in [6.45, 7) is 3.68.